The number of carbonyl (C=O) groups is 1. The van der Waals surface area contributed by atoms with Gasteiger partial charge in [0.05, 0.1) is 0 Å². The van der Waals surface area contributed by atoms with E-state index < -0.39 is 5.97 Å². The summed E-state index contributed by atoms with van der Waals surface area (Å²) in [6, 6.07) is 2.19. The fourth-order valence-corrected chi connectivity index (χ4v) is 3.34. The molecule has 1 N–H and O–H groups in total. The highest BCUT2D eigenvalue weighted by atomic mass is 32.1. The van der Waals surface area contributed by atoms with Crippen LogP contribution in [0.15, 0.2) is 16.8 Å². The van der Waals surface area contributed by atoms with Gasteiger partial charge in [0, 0.05) is 19.5 Å². The van der Waals surface area contributed by atoms with Crippen LogP contribution in [-0.2, 0) is 11.2 Å². The van der Waals surface area contributed by atoms with Crippen LogP contribution in [0.2, 0.25) is 0 Å². The number of carboxylic acid groups (broad SMARTS) is 1. The normalized spacial score (nSPS) is 21.0. The zero-order valence-corrected chi connectivity index (χ0v) is 11.5. The molecule has 1 saturated heterocycles. The van der Waals surface area contributed by atoms with Crippen molar-refractivity contribution >= 4 is 17.3 Å². The summed E-state index contributed by atoms with van der Waals surface area (Å²) in [6.07, 6.45) is 4.69. The molecule has 18 heavy (non-hydrogen) atoms. The van der Waals surface area contributed by atoms with Crippen molar-refractivity contribution in [3.63, 3.8) is 0 Å². The fourth-order valence-electron chi connectivity index (χ4n) is 2.64. The van der Waals surface area contributed by atoms with E-state index in [0.717, 1.165) is 25.9 Å². The van der Waals surface area contributed by atoms with Crippen LogP contribution in [-0.4, -0.2) is 35.6 Å². The first kappa shape index (κ1) is 13.6. The predicted octanol–water partition coefficient (Wildman–Crippen LogP) is 2.87. The minimum atomic E-state index is -0.662. The van der Waals surface area contributed by atoms with E-state index in [1.807, 2.05) is 0 Å². The zero-order valence-electron chi connectivity index (χ0n) is 10.7. The summed E-state index contributed by atoms with van der Waals surface area (Å²) >= 11 is 1.75. The number of rotatable bonds is 6. The summed E-state index contributed by atoms with van der Waals surface area (Å²) in [4.78, 5) is 13.1. The number of aliphatic carboxylic acids is 1. The molecule has 0 aliphatic carbocycles. The molecule has 1 unspecified atom stereocenters. The monoisotopic (exact) mass is 267 g/mol. The molecule has 1 aromatic rings. The molecule has 1 aliphatic heterocycles. The van der Waals surface area contributed by atoms with E-state index in [4.69, 9.17) is 5.11 Å². The third kappa shape index (κ3) is 4.42. The molecule has 1 atom stereocenters. The third-order valence-corrected chi connectivity index (χ3v) is 4.40. The van der Waals surface area contributed by atoms with Crippen molar-refractivity contribution in [1.82, 2.24) is 4.90 Å². The summed E-state index contributed by atoms with van der Waals surface area (Å²) in [5.41, 5.74) is 1.42. The summed E-state index contributed by atoms with van der Waals surface area (Å²) in [7, 11) is 0. The van der Waals surface area contributed by atoms with Gasteiger partial charge in [0.15, 0.2) is 0 Å². The van der Waals surface area contributed by atoms with Crippen LogP contribution in [0.3, 0.4) is 0 Å². The molecular formula is C14H21NO2S. The quantitative estimate of drug-likeness (QED) is 0.861. The van der Waals surface area contributed by atoms with E-state index in [1.54, 1.807) is 11.3 Å². The second-order valence-electron chi connectivity index (χ2n) is 5.12. The average molecular weight is 267 g/mol. The summed E-state index contributed by atoms with van der Waals surface area (Å²) in [6.45, 7) is 3.37. The third-order valence-electron chi connectivity index (χ3n) is 3.67. The number of hydrogen-bond donors (Lipinski definition) is 1. The van der Waals surface area contributed by atoms with Gasteiger partial charge in [0.1, 0.15) is 0 Å². The van der Waals surface area contributed by atoms with Crippen LogP contribution in [0.1, 0.15) is 31.2 Å². The van der Waals surface area contributed by atoms with Gasteiger partial charge in [-0.3, -0.25) is 4.79 Å². The Morgan fingerprint density at radius 3 is 3.17 bits per heavy atom. The highest BCUT2D eigenvalue weighted by molar-refractivity contribution is 7.07. The Hall–Kier alpha value is -0.870. The van der Waals surface area contributed by atoms with E-state index in [9.17, 15) is 4.79 Å². The maximum Gasteiger partial charge on any atom is 0.303 e. The van der Waals surface area contributed by atoms with E-state index in [1.165, 1.54) is 24.9 Å². The number of hydrogen-bond acceptors (Lipinski definition) is 3. The maximum absolute atomic E-state index is 10.6. The van der Waals surface area contributed by atoms with Gasteiger partial charge in [-0.2, -0.15) is 11.3 Å². The van der Waals surface area contributed by atoms with Crippen molar-refractivity contribution in [2.45, 2.75) is 32.1 Å². The van der Waals surface area contributed by atoms with Crippen molar-refractivity contribution < 1.29 is 9.90 Å². The lowest BCUT2D eigenvalue weighted by molar-refractivity contribution is -0.137. The fraction of sp³-hybridized carbons (Fsp3) is 0.643. The molecule has 1 aromatic heterocycles. The Morgan fingerprint density at radius 2 is 2.44 bits per heavy atom. The number of thiophene rings is 1. The lowest BCUT2D eigenvalue weighted by Crippen LogP contribution is -2.36. The second-order valence-corrected chi connectivity index (χ2v) is 5.90. The molecule has 0 spiro atoms. The number of piperidine rings is 1. The van der Waals surface area contributed by atoms with Crippen molar-refractivity contribution in [1.29, 1.82) is 0 Å². The van der Waals surface area contributed by atoms with E-state index in [-0.39, 0.29) is 0 Å². The van der Waals surface area contributed by atoms with E-state index in [2.05, 4.69) is 21.7 Å². The smallest absolute Gasteiger partial charge is 0.303 e. The van der Waals surface area contributed by atoms with Gasteiger partial charge in [-0.25, -0.2) is 0 Å². The molecule has 3 nitrogen and oxygen atoms in total. The molecule has 0 amide bonds. The predicted molar refractivity (Wildman–Crippen MR) is 74.1 cm³/mol. The minimum Gasteiger partial charge on any atom is -0.481 e. The average Bonchev–Trinajstić information content (AvgIpc) is 2.87. The highest BCUT2D eigenvalue weighted by Gasteiger charge is 2.20. The topological polar surface area (TPSA) is 40.5 Å². The van der Waals surface area contributed by atoms with Crippen molar-refractivity contribution in [2.75, 3.05) is 19.6 Å². The molecule has 4 heteroatoms. The first-order valence-electron chi connectivity index (χ1n) is 6.69. The lowest BCUT2D eigenvalue weighted by atomic mass is 9.93. The Balaban J connectivity index is 1.71. The van der Waals surface area contributed by atoms with Crippen LogP contribution < -0.4 is 0 Å². The first-order valence-corrected chi connectivity index (χ1v) is 7.63. The van der Waals surface area contributed by atoms with E-state index in [0.29, 0.717) is 12.3 Å². The van der Waals surface area contributed by atoms with Crippen LogP contribution in [0.25, 0.3) is 0 Å². The van der Waals surface area contributed by atoms with Crippen molar-refractivity contribution in [3.8, 4) is 0 Å². The molecule has 2 rings (SSSR count). The number of carboxylic acids is 1. The summed E-state index contributed by atoms with van der Waals surface area (Å²) in [5, 5.41) is 13.1. The van der Waals surface area contributed by atoms with Crippen molar-refractivity contribution in [3.05, 3.63) is 22.4 Å². The van der Waals surface area contributed by atoms with Gasteiger partial charge in [0.25, 0.3) is 0 Å². The van der Waals surface area contributed by atoms with Crippen molar-refractivity contribution in [2.24, 2.45) is 5.92 Å². The number of nitrogens with zero attached hydrogens (tertiary/aromatic N) is 1. The molecule has 0 bridgehead atoms. The summed E-state index contributed by atoms with van der Waals surface area (Å²) in [5.74, 6) is -0.0808. The Kier molecular flexibility index (Phi) is 5.20. The maximum atomic E-state index is 10.6. The van der Waals surface area contributed by atoms with Gasteiger partial charge >= 0.3 is 5.97 Å². The molecular weight excluding hydrogens is 246 g/mol. The van der Waals surface area contributed by atoms with E-state index >= 15 is 0 Å². The number of likely N-dealkylation sites (tertiary alicyclic amines) is 1. The molecule has 2 heterocycles. The molecule has 0 saturated carbocycles. The van der Waals surface area contributed by atoms with Gasteiger partial charge in [-0.1, -0.05) is 0 Å². The minimum absolute atomic E-state index is 0.322. The molecule has 100 valence electrons. The SMILES string of the molecule is O=C(O)CCC1CCCN(CCc2ccsc2)C1. The Morgan fingerprint density at radius 1 is 1.56 bits per heavy atom. The molecule has 0 aromatic carbocycles. The largest absolute Gasteiger partial charge is 0.481 e. The first-order chi connectivity index (χ1) is 8.74. The highest BCUT2D eigenvalue weighted by Crippen LogP contribution is 2.21. The van der Waals surface area contributed by atoms with Gasteiger partial charge < -0.3 is 10.0 Å². The Labute approximate surface area is 112 Å². The molecule has 0 radical (unpaired) electrons. The van der Waals surface area contributed by atoms with Gasteiger partial charge in [-0.15, -0.1) is 0 Å². The zero-order chi connectivity index (χ0) is 12.8. The summed E-state index contributed by atoms with van der Waals surface area (Å²) < 4.78 is 0. The van der Waals surface area contributed by atoms with Crippen LogP contribution in [0.5, 0.6) is 0 Å². The lowest BCUT2D eigenvalue weighted by Gasteiger charge is -2.32. The molecule has 1 aliphatic rings. The van der Waals surface area contributed by atoms with Crippen LogP contribution >= 0.6 is 11.3 Å². The van der Waals surface area contributed by atoms with Crippen LogP contribution in [0.4, 0.5) is 0 Å². The van der Waals surface area contributed by atoms with Gasteiger partial charge in [0.2, 0.25) is 0 Å². The second kappa shape index (κ2) is 6.90. The van der Waals surface area contributed by atoms with Gasteiger partial charge in [-0.05, 0) is 60.5 Å². The standard InChI is InChI=1S/C14H21NO2S/c16-14(17)4-3-12-2-1-7-15(10-12)8-5-13-6-9-18-11-13/h6,9,11-12H,1-5,7-8,10H2,(H,16,17). The molecule has 1 fully saturated rings. The Bertz CT molecular complexity index is 364. The van der Waals surface area contributed by atoms with Crippen LogP contribution in [0, 0.1) is 5.92 Å².